The third-order valence-corrected chi connectivity index (χ3v) is 11.2. The average molecular weight is 891 g/mol. The van der Waals surface area contributed by atoms with Gasteiger partial charge < -0.3 is 14.2 Å². The Morgan fingerprint density at radius 1 is 0.328 bits per heavy atom. The highest BCUT2D eigenvalue weighted by Crippen LogP contribution is 2.14. The van der Waals surface area contributed by atoms with Crippen molar-refractivity contribution >= 4 is 17.9 Å². The first kappa shape index (κ1) is 60.6. The predicted molar refractivity (Wildman–Crippen MR) is 274 cm³/mol. The Morgan fingerprint density at radius 3 is 0.953 bits per heavy atom. The second kappa shape index (κ2) is 52.2. The fraction of sp³-hybridized carbons (Fsp3) is 0.707. The normalized spacial score (nSPS) is 12.7. The Morgan fingerprint density at radius 2 is 0.609 bits per heavy atom. The molecule has 1 atom stereocenters. The molecule has 0 saturated heterocycles. The average Bonchev–Trinajstić information content (AvgIpc) is 3.29. The monoisotopic (exact) mass is 891 g/mol. The largest absolute Gasteiger partial charge is 0.462 e. The molecule has 6 nitrogen and oxygen atoms in total. The fourth-order valence-corrected chi connectivity index (χ4v) is 7.19. The van der Waals surface area contributed by atoms with Gasteiger partial charge in [-0.25, -0.2) is 0 Å². The van der Waals surface area contributed by atoms with E-state index in [4.69, 9.17) is 14.2 Å². The maximum atomic E-state index is 12.7. The first-order chi connectivity index (χ1) is 31.5. The van der Waals surface area contributed by atoms with Crippen LogP contribution in [0.5, 0.6) is 0 Å². The molecule has 0 spiro atoms. The lowest BCUT2D eigenvalue weighted by Crippen LogP contribution is -2.30. The second-order valence-corrected chi connectivity index (χ2v) is 17.4. The van der Waals surface area contributed by atoms with Crippen LogP contribution in [0.15, 0.2) is 85.1 Å². The van der Waals surface area contributed by atoms with Crippen molar-refractivity contribution in [3.63, 3.8) is 0 Å². The van der Waals surface area contributed by atoms with E-state index in [1.54, 1.807) is 0 Å². The van der Waals surface area contributed by atoms with Crippen LogP contribution in [0.1, 0.15) is 245 Å². The molecule has 0 amide bonds. The van der Waals surface area contributed by atoms with Crippen molar-refractivity contribution in [3.8, 4) is 0 Å². The summed E-state index contributed by atoms with van der Waals surface area (Å²) in [6.07, 6.45) is 67.6. The third-order valence-electron chi connectivity index (χ3n) is 11.2. The molecule has 0 bridgehead atoms. The summed E-state index contributed by atoms with van der Waals surface area (Å²) in [5, 5.41) is 0. The molecule has 0 rings (SSSR count). The van der Waals surface area contributed by atoms with Crippen molar-refractivity contribution in [1.29, 1.82) is 0 Å². The lowest BCUT2D eigenvalue weighted by Gasteiger charge is -2.18. The van der Waals surface area contributed by atoms with Gasteiger partial charge in [-0.3, -0.25) is 14.4 Å². The van der Waals surface area contributed by atoms with Crippen molar-refractivity contribution in [3.05, 3.63) is 85.1 Å². The fourth-order valence-electron chi connectivity index (χ4n) is 7.19. The summed E-state index contributed by atoms with van der Waals surface area (Å²) in [4.78, 5) is 37.6. The number of allylic oxidation sites excluding steroid dienone is 14. The molecule has 0 aromatic carbocycles. The molecule has 0 N–H and O–H groups in total. The SMILES string of the molecule is CC/C=C\C/C=C\C/C=C\C/C=C\C/C=C\C/C=C\C/C=C\CCCCCCCCCCCC(=O)OCC(COC(=O)CCCCCCCC)OC(=O)CCCCCCCCCCC. The molecule has 0 aliphatic carbocycles. The van der Waals surface area contributed by atoms with E-state index in [0.717, 1.165) is 109 Å². The summed E-state index contributed by atoms with van der Waals surface area (Å²) in [7, 11) is 0. The molecule has 0 aromatic rings. The van der Waals surface area contributed by atoms with Crippen LogP contribution in [0, 0.1) is 0 Å². The Hall–Kier alpha value is -3.41. The topological polar surface area (TPSA) is 78.9 Å². The maximum absolute atomic E-state index is 12.7. The Labute approximate surface area is 395 Å². The number of hydrogen-bond donors (Lipinski definition) is 0. The Balaban J connectivity index is 4.03. The van der Waals surface area contributed by atoms with Crippen LogP contribution in [0.2, 0.25) is 0 Å². The van der Waals surface area contributed by atoms with Gasteiger partial charge in [-0.2, -0.15) is 0 Å². The van der Waals surface area contributed by atoms with Gasteiger partial charge in [-0.1, -0.05) is 234 Å². The van der Waals surface area contributed by atoms with Gasteiger partial charge in [0.15, 0.2) is 6.10 Å². The lowest BCUT2D eigenvalue weighted by molar-refractivity contribution is -0.167. The first-order valence-corrected chi connectivity index (χ1v) is 26.6. The highest BCUT2D eigenvalue weighted by molar-refractivity contribution is 5.71. The second-order valence-electron chi connectivity index (χ2n) is 17.4. The highest BCUT2D eigenvalue weighted by atomic mass is 16.6. The van der Waals surface area contributed by atoms with Gasteiger partial charge in [0.05, 0.1) is 0 Å². The number of rotatable bonds is 47. The third kappa shape index (κ3) is 49.6. The molecule has 0 aromatic heterocycles. The van der Waals surface area contributed by atoms with Crippen molar-refractivity contribution in [2.75, 3.05) is 13.2 Å². The maximum Gasteiger partial charge on any atom is 0.306 e. The molecule has 1 unspecified atom stereocenters. The molecule has 0 radical (unpaired) electrons. The van der Waals surface area contributed by atoms with Crippen LogP contribution in [0.4, 0.5) is 0 Å². The molecule has 0 heterocycles. The minimum atomic E-state index is -0.770. The number of unbranched alkanes of at least 4 members (excludes halogenated alkanes) is 22. The summed E-state index contributed by atoms with van der Waals surface area (Å²) >= 11 is 0. The van der Waals surface area contributed by atoms with Crippen LogP contribution in [0.3, 0.4) is 0 Å². The number of carbonyl (C=O) groups excluding carboxylic acids is 3. The van der Waals surface area contributed by atoms with E-state index < -0.39 is 6.10 Å². The molecule has 64 heavy (non-hydrogen) atoms. The molecule has 0 aliphatic rings. The van der Waals surface area contributed by atoms with Gasteiger partial charge in [0.2, 0.25) is 0 Å². The summed E-state index contributed by atoms with van der Waals surface area (Å²) < 4.78 is 16.6. The molecular weight excluding hydrogens is 793 g/mol. The van der Waals surface area contributed by atoms with Gasteiger partial charge in [0, 0.05) is 19.3 Å². The molecule has 6 heteroatoms. The first-order valence-electron chi connectivity index (χ1n) is 26.6. The van der Waals surface area contributed by atoms with E-state index in [9.17, 15) is 14.4 Å². The Kier molecular flexibility index (Phi) is 49.4. The van der Waals surface area contributed by atoms with E-state index >= 15 is 0 Å². The zero-order valence-electron chi connectivity index (χ0n) is 41.8. The van der Waals surface area contributed by atoms with Crippen molar-refractivity contribution in [2.24, 2.45) is 0 Å². The van der Waals surface area contributed by atoms with E-state index in [1.807, 2.05) is 0 Å². The molecular formula is C58H98O6. The quantitative estimate of drug-likeness (QED) is 0.0262. The standard InChI is InChI=1S/C58H98O6/c1-4-7-10-13-16-18-19-20-21-22-23-24-25-26-27-28-29-30-31-32-33-34-35-36-37-38-39-41-42-45-48-51-57(60)63-54-55(53-62-56(59)50-47-44-15-12-9-6-3)64-58(61)52-49-46-43-40-17-14-11-8-5-2/h7,10,16,18,20-21,23-24,26-27,29-30,32-33,55H,4-6,8-9,11-15,17,19,22,25,28,31,34-54H2,1-3H3/b10-7-,18-16-,21-20-,24-23-,27-26-,30-29-,33-32-. The number of esters is 3. The Bertz CT molecular complexity index is 1250. The van der Waals surface area contributed by atoms with Gasteiger partial charge >= 0.3 is 17.9 Å². The van der Waals surface area contributed by atoms with Gasteiger partial charge in [-0.05, 0) is 77.0 Å². The van der Waals surface area contributed by atoms with E-state index in [0.29, 0.717) is 19.3 Å². The molecule has 0 saturated carbocycles. The van der Waals surface area contributed by atoms with E-state index in [2.05, 4.69) is 106 Å². The highest BCUT2D eigenvalue weighted by Gasteiger charge is 2.19. The lowest BCUT2D eigenvalue weighted by atomic mass is 10.1. The van der Waals surface area contributed by atoms with Crippen LogP contribution >= 0.6 is 0 Å². The summed E-state index contributed by atoms with van der Waals surface area (Å²) in [5.41, 5.74) is 0. The molecule has 366 valence electrons. The van der Waals surface area contributed by atoms with Crippen molar-refractivity contribution < 1.29 is 28.6 Å². The number of carbonyl (C=O) groups is 3. The van der Waals surface area contributed by atoms with Crippen molar-refractivity contribution in [1.82, 2.24) is 0 Å². The van der Waals surface area contributed by atoms with Crippen LogP contribution in [0.25, 0.3) is 0 Å². The zero-order chi connectivity index (χ0) is 46.5. The number of ether oxygens (including phenoxy) is 3. The molecule has 0 aliphatic heterocycles. The van der Waals surface area contributed by atoms with Crippen LogP contribution in [-0.4, -0.2) is 37.2 Å². The summed E-state index contributed by atoms with van der Waals surface area (Å²) in [5.74, 6) is -0.896. The van der Waals surface area contributed by atoms with E-state index in [1.165, 1.54) is 96.3 Å². The minimum Gasteiger partial charge on any atom is -0.462 e. The smallest absolute Gasteiger partial charge is 0.306 e. The van der Waals surface area contributed by atoms with Crippen molar-refractivity contribution in [2.45, 2.75) is 252 Å². The van der Waals surface area contributed by atoms with Gasteiger partial charge in [0.1, 0.15) is 13.2 Å². The predicted octanol–water partition coefficient (Wildman–Crippen LogP) is 17.6. The zero-order valence-corrected chi connectivity index (χ0v) is 41.8. The summed E-state index contributed by atoms with van der Waals surface area (Å²) in [6.45, 7) is 6.43. The van der Waals surface area contributed by atoms with Crippen LogP contribution < -0.4 is 0 Å². The van der Waals surface area contributed by atoms with E-state index in [-0.39, 0.29) is 31.1 Å². The minimum absolute atomic E-state index is 0.0762. The van der Waals surface area contributed by atoms with Crippen LogP contribution in [-0.2, 0) is 28.6 Å². The van der Waals surface area contributed by atoms with Gasteiger partial charge in [0.25, 0.3) is 0 Å². The number of hydrogen-bond acceptors (Lipinski definition) is 6. The molecule has 0 fully saturated rings. The van der Waals surface area contributed by atoms with Gasteiger partial charge in [-0.15, -0.1) is 0 Å². The summed E-state index contributed by atoms with van der Waals surface area (Å²) in [6, 6.07) is 0.